The molecule has 0 aliphatic heterocycles. The normalized spacial score (nSPS) is 10.4. The van der Waals surface area contributed by atoms with Crippen LogP contribution in [0.15, 0.2) is 52.3 Å². The number of hydrogen-bond donors (Lipinski definition) is 1. The molecule has 0 radical (unpaired) electrons. The van der Waals surface area contributed by atoms with Crippen LogP contribution in [0.2, 0.25) is 0 Å². The van der Waals surface area contributed by atoms with E-state index in [1.165, 1.54) is 10.8 Å². The first-order chi connectivity index (χ1) is 9.74. The Bertz CT molecular complexity index is 802. The van der Waals surface area contributed by atoms with E-state index >= 15 is 0 Å². The number of nitrogens with zero attached hydrogens (tertiary/aromatic N) is 1. The molecule has 1 N–H and O–H groups in total. The van der Waals surface area contributed by atoms with E-state index in [1.807, 2.05) is 17.5 Å². The topological polar surface area (TPSA) is 35.8 Å². The van der Waals surface area contributed by atoms with Gasteiger partial charge in [-0.2, -0.15) is 5.26 Å². The van der Waals surface area contributed by atoms with Crippen LogP contribution < -0.4 is 5.32 Å². The second-order valence-corrected chi connectivity index (χ2v) is 6.38. The van der Waals surface area contributed by atoms with Crippen molar-refractivity contribution >= 4 is 43.7 Å². The van der Waals surface area contributed by atoms with Crippen LogP contribution in [0.25, 0.3) is 10.8 Å². The average Bonchev–Trinajstić information content (AvgIpc) is 2.93. The highest BCUT2D eigenvalue weighted by molar-refractivity contribution is 9.10. The standard InChI is InChI=1S/C16H11BrN2S/c17-14-3-1-13-7-15(4-2-12(13)6-14)19-9-16-5-11(8-18)10-20-16/h1-7,10,19H,9H2. The van der Waals surface area contributed by atoms with Crippen LogP contribution in [-0.2, 0) is 6.54 Å². The fourth-order valence-corrected chi connectivity index (χ4v) is 3.18. The minimum atomic E-state index is 0.732. The smallest absolute Gasteiger partial charge is 0.100 e. The molecule has 0 saturated carbocycles. The van der Waals surface area contributed by atoms with Gasteiger partial charge < -0.3 is 5.32 Å². The number of anilines is 1. The number of nitrogens with one attached hydrogen (secondary N) is 1. The Morgan fingerprint density at radius 3 is 2.70 bits per heavy atom. The Hall–Kier alpha value is -1.83. The van der Waals surface area contributed by atoms with Gasteiger partial charge in [0.25, 0.3) is 0 Å². The molecule has 1 aromatic heterocycles. The van der Waals surface area contributed by atoms with Gasteiger partial charge in [-0.25, -0.2) is 0 Å². The number of halogens is 1. The predicted molar refractivity (Wildman–Crippen MR) is 88.0 cm³/mol. The van der Waals surface area contributed by atoms with Gasteiger partial charge in [-0.3, -0.25) is 0 Å². The molecule has 3 rings (SSSR count). The Morgan fingerprint density at radius 1 is 1.10 bits per heavy atom. The van der Waals surface area contributed by atoms with Crippen LogP contribution in [0.5, 0.6) is 0 Å². The maximum absolute atomic E-state index is 8.81. The van der Waals surface area contributed by atoms with E-state index < -0.39 is 0 Å². The fourth-order valence-electron chi connectivity index (χ4n) is 2.05. The van der Waals surface area contributed by atoms with Crippen LogP contribution in [0.4, 0.5) is 5.69 Å². The summed E-state index contributed by atoms with van der Waals surface area (Å²) in [5, 5.41) is 16.5. The highest BCUT2D eigenvalue weighted by atomic mass is 79.9. The van der Waals surface area contributed by atoms with Crippen molar-refractivity contribution in [3.8, 4) is 6.07 Å². The zero-order valence-corrected chi connectivity index (χ0v) is 13.0. The Balaban J connectivity index is 1.77. The van der Waals surface area contributed by atoms with Gasteiger partial charge >= 0.3 is 0 Å². The minimum Gasteiger partial charge on any atom is -0.380 e. The Kier molecular flexibility index (Phi) is 3.72. The fraction of sp³-hybridized carbons (Fsp3) is 0.0625. The first-order valence-electron chi connectivity index (χ1n) is 6.15. The van der Waals surface area contributed by atoms with Crippen LogP contribution >= 0.6 is 27.3 Å². The third-order valence-electron chi connectivity index (χ3n) is 3.05. The molecule has 0 unspecified atom stereocenters. The van der Waals surface area contributed by atoms with Crippen LogP contribution in [-0.4, -0.2) is 0 Å². The second kappa shape index (κ2) is 5.66. The number of nitriles is 1. The first kappa shape index (κ1) is 13.2. The molecular weight excluding hydrogens is 332 g/mol. The summed E-state index contributed by atoms with van der Waals surface area (Å²) in [4.78, 5) is 1.16. The number of rotatable bonds is 3. The molecule has 0 saturated heterocycles. The van der Waals surface area contributed by atoms with E-state index in [0.717, 1.165) is 27.1 Å². The lowest BCUT2D eigenvalue weighted by molar-refractivity contribution is 1.19. The van der Waals surface area contributed by atoms with E-state index in [2.05, 4.69) is 57.6 Å². The SMILES string of the molecule is N#Cc1csc(CNc2ccc3cc(Br)ccc3c2)c1. The lowest BCUT2D eigenvalue weighted by Gasteiger charge is -2.06. The van der Waals surface area contributed by atoms with Gasteiger partial charge in [-0.05, 0) is 41.1 Å². The van der Waals surface area contributed by atoms with Gasteiger partial charge in [0.15, 0.2) is 0 Å². The van der Waals surface area contributed by atoms with E-state index in [1.54, 1.807) is 11.3 Å². The maximum atomic E-state index is 8.81. The molecule has 0 aliphatic rings. The molecule has 0 amide bonds. The quantitative estimate of drug-likeness (QED) is 0.714. The molecule has 2 nitrogen and oxygen atoms in total. The van der Waals surface area contributed by atoms with Crippen LogP contribution in [0.3, 0.4) is 0 Å². The average molecular weight is 343 g/mol. The highest BCUT2D eigenvalue weighted by Crippen LogP contribution is 2.23. The minimum absolute atomic E-state index is 0.732. The largest absolute Gasteiger partial charge is 0.380 e. The van der Waals surface area contributed by atoms with Gasteiger partial charge in [0.1, 0.15) is 6.07 Å². The molecule has 1 heterocycles. The summed E-state index contributed by atoms with van der Waals surface area (Å²) in [5.74, 6) is 0. The summed E-state index contributed by atoms with van der Waals surface area (Å²) in [5.41, 5.74) is 1.82. The maximum Gasteiger partial charge on any atom is 0.100 e. The van der Waals surface area contributed by atoms with Crippen molar-refractivity contribution in [2.75, 3.05) is 5.32 Å². The zero-order valence-electron chi connectivity index (χ0n) is 10.6. The zero-order chi connectivity index (χ0) is 13.9. The van der Waals surface area contributed by atoms with Crippen molar-refractivity contribution in [3.05, 3.63) is 62.8 Å². The Morgan fingerprint density at radius 2 is 1.90 bits per heavy atom. The van der Waals surface area contributed by atoms with Crippen molar-refractivity contribution < 1.29 is 0 Å². The summed E-state index contributed by atoms with van der Waals surface area (Å²) in [6, 6.07) is 16.7. The molecule has 0 atom stereocenters. The lowest BCUT2D eigenvalue weighted by atomic mass is 10.1. The third-order valence-corrected chi connectivity index (χ3v) is 4.48. The Labute approximate surface area is 129 Å². The summed E-state index contributed by atoms with van der Waals surface area (Å²) in [7, 11) is 0. The molecule has 0 fully saturated rings. The highest BCUT2D eigenvalue weighted by Gasteiger charge is 2.01. The van der Waals surface area contributed by atoms with Gasteiger partial charge in [-0.1, -0.05) is 28.1 Å². The molecular formula is C16H11BrN2S. The molecule has 0 aliphatic carbocycles. The molecule has 2 aromatic carbocycles. The third kappa shape index (κ3) is 2.84. The summed E-state index contributed by atoms with van der Waals surface area (Å²) in [6.45, 7) is 0.744. The second-order valence-electron chi connectivity index (χ2n) is 4.47. The molecule has 0 spiro atoms. The van der Waals surface area contributed by atoms with E-state index in [0.29, 0.717) is 0 Å². The van der Waals surface area contributed by atoms with E-state index in [9.17, 15) is 0 Å². The van der Waals surface area contributed by atoms with Crippen molar-refractivity contribution in [2.24, 2.45) is 0 Å². The molecule has 20 heavy (non-hydrogen) atoms. The summed E-state index contributed by atoms with van der Waals surface area (Å²) in [6.07, 6.45) is 0. The molecule has 98 valence electrons. The van der Waals surface area contributed by atoms with Gasteiger partial charge in [0.05, 0.1) is 5.56 Å². The van der Waals surface area contributed by atoms with E-state index in [-0.39, 0.29) is 0 Å². The van der Waals surface area contributed by atoms with Gasteiger partial charge in [-0.15, -0.1) is 11.3 Å². The lowest BCUT2D eigenvalue weighted by Crippen LogP contribution is -1.96. The van der Waals surface area contributed by atoms with Crippen LogP contribution in [0, 0.1) is 11.3 Å². The number of benzene rings is 2. The molecule has 3 aromatic rings. The first-order valence-corrected chi connectivity index (χ1v) is 7.82. The number of hydrogen-bond acceptors (Lipinski definition) is 3. The van der Waals surface area contributed by atoms with Crippen molar-refractivity contribution in [2.45, 2.75) is 6.54 Å². The molecule has 0 bridgehead atoms. The monoisotopic (exact) mass is 342 g/mol. The predicted octanol–water partition coefficient (Wildman–Crippen LogP) is 5.15. The van der Waals surface area contributed by atoms with Crippen molar-refractivity contribution in [1.82, 2.24) is 0 Å². The van der Waals surface area contributed by atoms with Crippen molar-refractivity contribution in [3.63, 3.8) is 0 Å². The molecule has 4 heteroatoms. The number of thiophene rings is 1. The van der Waals surface area contributed by atoms with E-state index in [4.69, 9.17) is 5.26 Å². The van der Waals surface area contributed by atoms with Crippen LogP contribution in [0.1, 0.15) is 10.4 Å². The van der Waals surface area contributed by atoms with Gasteiger partial charge in [0, 0.05) is 27.0 Å². The van der Waals surface area contributed by atoms with Gasteiger partial charge in [0.2, 0.25) is 0 Å². The summed E-state index contributed by atoms with van der Waals surface area (Å²) < 4.78 is 1.09. The summed E-state index contributed by atoms with van der Waals surface area (Å²) >= 11 is 5.09. The number of fused-ring (bicyclic) bond motifs is 1. The van der Waals surface area contributed by atoms with Crippen molar-refractivity contribution in [1.29, 1.82) is 5.26 Å².